The second-order valence-electron chi connectivity index (χ2n) is 12.4. The highest BCUT2D eigenvalue weighted by molar-refractivity contribution is 5.97. The third-order valence-electron chi connectivity index (χ3n) is 9.06. The molecule has 5 rings (SSSR count). The number of Topliss-reactive ketones (excluding diaryl/α,β-unsaturated/α-hetero) is 1. The zero-order valence-electron chi connectivity index (χ0n) is 29.3. The minimum absolute atomic E-state index is 0.0367. The molecule has 0 atom stereocenters. The number of ketones is 1. The molecular formula is C39H43N5O7. The maximum atomic E-state index is 11.5. The summed E-state index contributed by atoms with van der Waals surface area (Å²) in [6, 6.07) is 7.88. The summed E-state index contributed by atoms with van der Waals surface area (Å²) in [4.78, 5) is 60.2. The first-order valence-corrected chi connectivity index (χ1v) is 16.5. The Morgan fingerprint density at radius 2 is 1.04 bits per heavy atom. The smallest absolute Gasteiger partial charge is 0.303 e. The molecule has 0 fully saturated rings. The summed E-state index contributed by atoms with van der Waals surface area (Å²) in [5.74, 6) is -2.95. The number of aromatic nitrogens is 4. The van der Waals surface area contributed by atoms with Gasteiger partial charge in [-0.05, 0) is 98.2 Å². The summed E-state index contributed by atoms with van der Waals surface area (Å²) in [6.07, 6.45) is 4.13. The lowest BCUT2D eigenvalue weighted by molar-refractivity contribution is -0.138. The first-order chi connectivity index (χ1) is 24.2. The number of nitrogens with two attached hydrogens (primary N) is 1. The first kappa shape index (κ1) is 37.9. The number of nitrogens with zero attached hydrogens (tertiary/aromatic N) is 2. The number of carbonyl (C=O) groups is 4. The van der Waals surface area contributed by atoms with Gasteiger partial charge in [0.15, 0.2) is 0 Å². The van der Waals surface area contributed by atoms with Crippen molar-refractivity contribution >= 4 is 80.2 Å². The number of aryl methyl sites for hydroxylation is 2. The molecule has 5 heterocycles. The van der Waals surface area contributed by atoms with Crippen molar-refractivity contribution in [3.63, 3.8) is 0 Å². The lowest BCUT2D eigenvalue weighted by atomic mass is 9.98. The number of nitrogens with one attached hydrogen (secondary N) is 2. The molecule has 7 N–H and O–H groups in total. The number of hydrogen-bond donors (Lipinski definition) is 6. The van der Waals surface area contributed by atoms with Crippen LogP contribution in [0.2, 0.25) is 0 Å². The van der Waals surface area contributed by atoms with E-state index in [2.05, 4.69) is 29.2 Å². The Labute approximate surface area is 295 Å². The quantitative estimate of drug-likeness (QED) is 0.112. The van der Waals surface area contributed by atoms with E-state index in [9.17, 15) is 29.4 Å². The van der Waals surface area contributed by atoms with E-state index in [1.165, 1.54) is 0 Å². The topological polar surface area (TPSA) is 212 Å². The van der Waals surface area contributed by atoms with E-state index in [1.54, 1.807) is 0 Å². The molecule has 3 aromatic rings. The Morgan fingerprint density at radius 3 is 1.45 bits per heavy atom. The van der Waals surface area contributed by atoms with E-state index in [4.69, 9.17) is 20.8 Å². The Morgan fingerprint density at radius 1 is 0.627 bits per heavy atom. The van der Waals surface area contributed by atoms with Crippen molar-refractivity contribution in [1.82, 2.24) is 19.9 Å². The van der Waals surface area contributed by atoms with Crippen LogP contribution in [0.1, 0.15) is 97.4 Å². The number of hydrogen-bond acceptors (Lipinski definition) is 7. The number of carboxylic acids is 3. The highest BCUT2D eigenvalue weighted by Crippen LogP contribution is 2.38. The summed E-state index contributed by atoms with van der Waals surface area (Å²) >= 11 is 0. The van der Waals surface area contributed by atoms with E-state index < -0.39 is 17.9 Å². The number of carboxylic acid groups (broad SMARTS) is 3. The molecule has 0 aromatic carbocycles. The highest BCUT2D eigenvalue weighted by Gasteiger charge is 2.22. The Balaban J connectivity index is 0.000000573. The number of aliphatic carboxylic acids is 3. The molecule has 12 heteroatoms. The van der Waals surface area contributed by atoms with Gasteiger partial charge in [0.1, 0.15) is 5.78 Å². The van der Waals surface area contributed by atoms with Gasteiger partial charge in [0.05, 0.1) is 35.7 Å². The molecule has 266 valence electrons. The van der Waals surface area contributed by atoms with Crippen LogP contribution in [0.5, 0.6) is 0 Å². The van der Waals surface area contributed by atoms with Gasteiger partial charge >= 0.3 is 17.9 Å². The predicted molar refractivity (Wildman–Crippen MR) is 200 cm³/mol. The van der Waals surface area contributed by atoms with Crippen molar-refractivity contribution < 1.29 is 34.5 Å². The molecule has 0 radical (unpaired) electrons. The summed E-state index contributed by atoms with van der Waals surface area (Å²) in [5, 5.41) is 27.0. The maximum Gasteiger partial charge on any atom is 0.303 e. The lowest BCUT2D eigenvalue weighted by Crippen LogP contribution is -2.14. The van der Waals surface area contributed by atoms with Crippen LogP contribution >= 0.6 is 0 Å². The summed E-state index contributed by atoms with van der Waals surface area (Å²) in [7, 11) is 0. The van der Waals surface area contributed by atoms with Gasteiger partial charge in [-0.15, -0.1) is 0 Å². The zero-order valence-corrected chi connectivity index (χ0v) is 29.3. The van der Waals surface area contributed by atoms with Crippen molar-refractivity contribution in [2.75, 3.05) is 6.54 Å². The second-order valence-corrected chi connectivity index (χ2v) is 12.4. The van der Waals surface area contributed by atoms with Crippen molar-refractivity contribution in [3.05, 3.63) is 82.5 Å². The molecule has 0 saturated heterocycles. The number of rotatable bonds is 12. The largest absolute Gasteiger partial charge is 0.481 e. The number of aromatic amines is 2. The number of carbonyl (C=O) groups excluding carboxylic acids is 1. The first-order valence-electron chi connectivity index (χ1n) is 16.5. The van der Waals surface area contributed by atoms with E-state index >= 15 is 0 Å². The van der Waals surface area contributed by atoms with Gasteiger partial charge in [0.25, 0.3) is 0 Å². The minimum Gasteiger partial charge on any atom is -0.481 e. The number of H-pyrrole nitrogens is 2. The minimum atomic E-state index is -0.961. The average Bonchev–Trinajstić information content (AvgIpc) is 3.74. The molecule has 2 aliphatic heterocycles. The third-order valence-corrected chi connectivity index (χ3v) is 9.06. The normalized spacial score (nSPS) is 12.3. The molecule has 12 nitrogen and oxygen atoms in total. The standard InChI is InChI=1S/C34H34N4O4.C5H9NO3/c1-7-21-17(3)25-13-26-19(5)23(9-11-33(39)40)31(37-26)16-32-24(10-12-34(41)42)20(6)28(38-32)15-30-22(8-2)18(4)27(36-30)14-29(21)35-25;6-3-4(7)1-2-5(8)9/h7-8,13-16,35-36H,1-2,9-12H2,3-6H3,(H,39,40)(H,41,42);1-3,6H2,(H,8,9). The van der Waals surface area contributed by atoms with E-state index in [1.807, 2.05) is 58.0 Å². The molecule has 2 aliphatic rings. The van der Waals surface area contributed by atoms with Crippen LogP contribution in [0.15, 0.2) is 37.4 Å². The van der Waals surface area contributed by atoms with Crippen molar-refractivity contribution in [2.24, 2.45) is 5.73 Å². The van der Waals surface area contributed by atoms with E-state index in [-0.39, 0.29) is 38.0 Å². The summed E-state index contributed by atoms with van der Waals surface area (Å²) in [6.45, 7) is 16.0. The van der Waals surface area contributed by atoms with Crippen molar-refractivity contribution in [3.8, 4) is 0 Å². The fraction of sp³-hybridized carbons (Fsp3) is 0.282. The lowest BCUT2D eigenvalue weighted by Gasteiger charge is -2.05. The molecule has 51 heavy (non-hydrogen) atoms. The highest BCUT2D eigenvalue weighted by atomic mass is 16.4. The average molecular weight is 694 g/mol. The Bertz CT molecular complexity index is 2180. The van der Waals surface area contributed by atoms with Gasteiger partial charge < -0.3 is 31.0 Å². The van der Waals surface area contributed by atoms with Gasteiger partial charge in [-0.25, -0.2) is 9.97 Å². The monoisotopic (exact) mass is 693 g/mol. The molecule has 8 bridgehead atoms. The molecule has 0 aliphatic carbocycles. The summed E-state index contributed by atoms with van der Waals surface area (Å²) in [5.41, 5.74) is 18.6. The van der Waals surface area contributed by atoms with Crippen LogP contribution in [-0.4, -0.2) is 65.5 Å². The second kappa shape index (κ2) is 16.2. The Kier molecular flexibility index (Phi) is 12.1. The summed E-state index contributed by atoms with van der Waals surface area (Å²) < 4.78 is 0. The van der Waals surface area contributed by atoms with Crippen molar-refractivity contribution in [2.45, 2.75) is 66.2 Å². The van der Waals surface area contributed by atoms with E-state index in [0.29, 0.717) is 24.2 Å². The SMILES string of the molecule is C=Cc1c(C)c2cc3[nH]c(cc4nc(cc5nc(cc1[nH]2)C(C)=C5CCC(=O)O)C(CCC(=O)O)=C4C)c(C)c3C=C.NCC(=O)CCC(=O)O. The fourth-order valence-corrected chi connectivity index (χ4v) is 6.12. The van der Waals surface area contributed by atoms with Gasteiger partial charge in [0, 0.05) is 52.5 Å². The van der Waals surface area contributed by atoms with Crippen LogP contribution < -0.4 is 5.73 Å². The molecule has 0 unspecified atom stereocenters. The number of allylic oxidation sites excluding steroid dienone is 4. The van der Waals surface area contributed by atoms with Gasteiger partial charge in [0.2, 0.25) is 0 Å². The van der Waals surface area contributed by atoms with Crippen LogP contribution in [0.3, 0.4) is 0 Å². The molecular weight excluding hydrogens is 650 g/mol. The molecule has 0 spiro atoms. The van der Waals surface area contributed by atoms with Crippen molar-refractivity contribution in [1.29, 1.82) is 0 Å². The van der Waals surface area contributed by atoms with Gasteiger partial charge in [-0.3, -0.25) is 19.2 Å². The number of fused-ring (bicyclic) bond motifs is 8. The molecule has 0 saturated carbocycles. The zero-order chi connectivity index (χ0) is 37.6. The molecule has 0 amide bonds. The van der Waals surface area contributed by atoms with Crippen LogP contribution in [0.4, 0.5) is 0 Å². The van der Waals surface area contributed by atoms with Crippen LogP contribution in [0.25, 0.3) is 56.5 Å². The molecule has 3 aromatic heterocycles. The fourth-order valence-electron chi connectivity index (χ4n) is 6.12. The third kappa shape index (κ3) is 8.65. The van der Waals surface area contributed by atoms with Crippen LogP contribution in [0, 0.1) is 13.8 Å². The van der Waals surface area contributed by atoms with Crippen LogP contribution in [-0.2, 0) is 19.2 Å². The maximum absolute atomic E-state index is 11.5. The van der Waals surface area contributed by atoms with E-state index in [0.717, 1.165) is 78.0 Å². The predicted octanol–water partition coefficient (Wildman–Crippen LogP) is 7.19. The Hall–Kier alpha value is -5.88. The van der Waals surface area contributed by atoms with Gasteiger partial charge in [-0.2, -0.15) is 0 Å². The van der Waals surface area contributed by atoms with Gasteiger partial charge in [-0.1, -0.05) is 25.3 Å².